The number of carboxylic acid groups (broad SMARTS) is 1. The maximum absolute atomic E-state index is 10.0. The average molecular weight is 201 g/mol. The number of allylic oxidation sites excluding steroid dienone is 1. The molecule has 0 saturated carbocycles. The maximum atomic E-state index is 10.0. The Balaban J connectivity index is 0.000000249. The summed E-state index contributed by atoms with van der Waals surface area (Å²) < 4.78 is 0. The molecule has 1 aliphatic heterocycles. The summed E-state index contributed by atoms with van der Waals surface area (Å²) in [5.74, 6) is -0.910. The number of nitrogens with one attached hydrogen (secondary N) is 1. The summed E-state index contributed by atoms with van der Waals surface area (Å²) in [6.45, 7) is 3.55. The molecule has 6 heteroatoms. The Hall–Kier alpha value is -1.56. The van der Waals surface area contributed by atoms with Crippen molar-refractivity contribution in [2.24, 2.45) is 16.8 Å². The Labute approximate surface area is 82.4 Å². The SMILES string of the molecule is C1=CONN=C1.CC(C)[C@H](N)C(=O)O. The molecule has 1 aliphatic rings. The van der Waals surface area contributed by atoms with Crippen LogP contribution in [0.3, 0.4) is 0 Å². The number of hydrogen-bond acceptors (Lipinski definition) is 5. The van der Waals surface area contributed by atoms with Crippen LogP contribution in [0, 0.1) is 5.92 Å². The van der Waals surface area contributed by atoms with Gasteiger partial charge in [0.25, 0.3) is 0 Å². The van der Waals surface area contributed by atoms with Gasteiger partial charge >= 0.3 is 5.97 Å². The third-order valence-electron chi connectivity index (χ3n) is 1.42. The van der Waals surface area contributed by atoms with Gasteiger partial charge in [-0.1, -0.05) is 13.8 Å². The van der Waals surface area contributed by atoms with Crippen LogP contribution < -0.4 is 11.3 Å². The van der Waals surface area contributed by atoms with E-state index in [0.717, 1.165) is 0 Å². The highest BCUT2D eigenvalue weighted by Gasteiger charge is 2.14. The number of carboxylic acids is 1. The van der Waals surface area contributed by atoms with Gasteiger partial charge in [0, 0.05) is 0 Å². The van der Waals surface area contributed by atoms with Gasteiger partial charge in [-0.3, -0.25) is 4.79 Å². The first kappa shape index (κ1) is 12.4. The van der Waals surface area contributed by atoms with E-state index in [1.54, 1.807) is 26.1 Å². The fourth-order valence-corrected chi connectivity index (χ4v) is 0.494. The molecule has 0 bridgehead atoms. The van der Waals surface area contributed by atoms with E-state index in [-0.39, 0.29) is 5.92 Å². The molecule has 0 aromatic heterocycles. The summed E-state index contributed by atoms with van der Waals surface area (Å²) in [6.07, 6.45) is 4.80. The van der Waals surface area contributed by atoms with E-state index in [1.165, 1.54) is 6.26 Å². The van der Waals surface area contributed by atoms with Crippen LogP contribution in [0.15, 0.2) is 17.4 Å². The van der Waals surface area contributed by atoms with Crippen LogP contribution >= 0.6 is 0 Å². The van der Waals surface area contributed by atoms with E-state index in [9.17, 15) is 4.79 Å². The van der Waals surface area contributed by atoms with Crippen molar-refractivity contribution in [3.63, 3.8) is 0 Å². The monoisotopic (exact) mass is 201 g/mol. The lowest BCUT2D eigenvalue weighted by Crippen LogP contribution is -2.34. The van der Waals surface area contributed by atoms with Gasteiger partial charge in [-0.15, -0.1) is 5.59 Å². The highest BCUT2D eigenvalue weighted by molar-refractivity contribution is 5.73. The molecule has 0 spiro atoms. The summed E-state index contributed by atoms with van der Waals surface area (Å²) in [4.78, 5) is 14.5. The van der Waals surface area contributed by atoms with Crippen molar-refractivity contribution in [2.45, 2.75) is 19.9 Å². The van der Waals surface area contributed by atoms with Gasteiger partial charge in [0.2, 0.25) is 0 Å². The number of hydrogen-bond donors (Lipinski definition) is 3. The number of nitrogens with zero attached hydrogens (tertiary/aromatic N) is 1. The predicted octanol–water partition coefficient (Wildman–Crippen LogP) is 0.0750. The van der Waals surface area contributed by atoms with Gasteiger partial charge in [0.05, 0.1) is 6.21 Å². The van der Waals surface area contributed by atoms with E-state index in [1.807, 2.05) is 0 Å². The lowest BCUT2D eigenvalue weighted by Gasteiger charge is -2.07. The van der Waals surface area contributed by atoms with Crippen molar-refractivity contribution in [3.05, 3.63) is 12.3 Å². The van der Waals surface area contributed by atoms with E-state index in [2.05, 4.69) is 15.5 Å². The number of hydrazone groups is 1. The number of aliphatic carboxylic acids is 1. The van der Waals surface area contributed by atoms with Crippen LogP contribution in [-0.2, 0) is 9.63 Å². The van der Waals surface area contributed by atoms with Gasteiger partial charge in [-0.2, -0.15) is 5.10 Å². The first-order valence-electron chi connectivity index (χ1n) is 4.13. The van der Waals surface area contributed by atoms with Gasteiger partial charge in [0.15, 0.2) is 0 Å². The molecule has 0 amide bonds. The Morgan fingerprint density at radius 1 is 1.64 bits per heavy atom. The molecule has 0 aliphatic carbocycles. The third kappa shape index (κ3) is 6.01. The predicted molar refractivity (Wildman–Crippen MR) is 52.3 cm³/mol. The zero-order valence-corrected chi connectivity index (χ0v) is 8.18. The summed E-state index contributed by atoms with van der Waals surface area (Å²) >= 11 is 0. The minimum atomic E-state index is -0.931. The largest absolute Gasteiger partial charge is 0.480 e. The average Bonchev–Trinajstić information content (AvgIpc) is 2.20. The summed E-state index contributed by atoms with van der Waals surface area (Å²) in [7, 11) is 0. The molecule has 0 aromatic rings. The van der Waals surface area contributed by atoms with E-state index in [4.69, 9.17) is 10.8 Å². The standard InChI is InChI=1S/C5H11NO2.C3H4N2O/c1-3(2)4(6)5(7)8;1-2-4-5-6-3-1/h3-4H,6H2,1-2H3,(H,7,8);1-3,5H/t4-;/m0./s1. The number of rotatable bonds is 2. The lowest BCUT2D eigenvalue weighted by molar-refractivity contribution is -0.139. The Bertz CT molecular complexity index is 214. The van der Waals surface area contributed by atoms with Crippen molar-refractivity contribution < 1.29 is 14.7 Å². The third-order valence-corrected chi connectivity index (χ3v) is 1.42. The molecular weight excluding hydrogens is 186 g/mol. The van der Waals surface area contributed by atoms with Crippen LogP contribution in [0.4, 0.5) is 0 Å². The van der Waals surface area contributed by atoms with Crippen LogP contribution in [0.2, 0.25) is 0 Å². The zero-order chi connectivity index (χ0) is 11.0. The second-order valence-electron chi connectivity index (χ2n) is 2.92. The van der Waals surface area contributed by atoms with Crippen molar-refractivity contribution in [3.8, 4) is 0 Å². The van der Waals surface area contributed by atoms with Crippen LogP contribution in [0.5, 0.6) is 0 Å². The van der Waals surface area contributed by atoms with Crippen molar-refractivity contribution in [2.75, 3.05) is 0 Å². The molecule has 6 nitrogen and oxygen atoms in total. The minimum absolute atomic E-state index is 0.0208. The van der Waals surface area contributed by atoms with Gasteiger partial charge in [-0.25, -0.2) is 0 Å². The molecule has 0 aromatic carbocycles. The van der Waals surface area contributed by atoms with Crippen LogP contribution in [0.1, 0.15) is 13.8 Å². The molecule has 0 unspecified atom stereocenters. The lowest BCUT2D eigenvalue weighted by atomic mass is 10.1. The smallest absolute Gasteiger partial charge is 0.320 e. The molecule has 14 heavy (non-hydrogen) atoms. The number of nitrogens with two attached hydrogens (primary N) is 1. The molecule has 1 atom stereocenters. The number of carbonyl (C=O) groups is 1. The Kier molecular flexibility index (Phi) is 6.13. The maximum Gasteiger partial charge on any atom is 0.320 e. The quantitative estimate of drug-likeness (QED) is 0.587. The van der Waals surface area contributed by atoms with E-state index < -0.39 is 12.0 Å². The molecule has 0 radical (unpaired) electrons. The van der Waals surface area contributed by atoms with Crippen molar-refractivity contribution in [1.29, 1.82) is 0 Å². The molecule has 0 saturated heterocycles. The van der Waals surface area contributed by atoms with E-state index in [0.29, 0.717) is 0 Å². The molecule has 80 valence electrons. The Morgan fingerprint density at radius 3 is 2.36 bits per heavy atom. The fraction of sp³-hybridized carbons (Fsp3) is 0.500. The van der Waals surface area contributed by atoms with Gasteiger partial charge < -0.3 is 15.7 Å². The first-order chi connectivity index (χ1) is 6.55. The van der Waals surface area contributed by atoms with Gasteiger partial charge in [-0.05, 0) is 12.0 Å². The van der Waals surface area contributed by atoms with Crippen LogP contribution in [-0.4, -0.2) is 23.3 Å². The summed E-state index contributed by atoms with van der Waals surface area (Å²) in [5.41, 5.74) is 7.43. The normalized spacial score (nSPS) is 14.9. The molecular formula is C8H15N3O3. The Morgan fingerprint density at radius 2 is 2.29 bits per heavy atom. The molecule has 4 N–H and O–H groups in total. The second kappa shape index (κ2) is 6.90. The minimum Gasteiger partial charge on any atom is -0.480 e. The van der Waals surface area contributed by atoms with Crippen molar-refractivity contribution >= 4 is 12.2 Å². The highest BCUT2D eigenvalue weighted by atomic mass is 16.7. The molecule has 0 fully saturated rings. The van der Waals surface area contributed by atoms with Crippen LogP contribution in [0.25, 0.3) is 0 Å². The van der Waals surface area contributed by atoms with Gasteiger partial charge in [0.1, 0.15) is 12.3 Å². The van der Waals surface area contributed by atoms with E-state index >= 15 is 0 Å². The first-order valence-corrected chi connectivity index (χ1v) is 4.13. The highest BCUT2D eigenvalue weighted by Crippen LogP contribution is 1.96. The molecule has 1 heterocycles. The second-order valence-corrected chi connectivity index (χ2v) is 2.92. The molecule has 1 rings (SSSR count). The topological polar surface area (TPSA) is 96.9 Å². The van der Waals surface area contributed by atoms with Crippen molar-refractivity contribution in [1.82, 2.24) is 5.59 Å². The zero-order valence-electron chi connectivity index (χ0n) is 8.18. The fourth-order valence-electron chi connectivity index (χ4n) is 0.494. The summed E-state index contributed by atoms with van der Waals surface area (Å²) in [6, 6.07) is -0.713. The summed E-state index contributed by atoms with van der Waals surface area (Å²) in [5, 5.41) is 11.7.